The number of benzene rings is 1. The Hall–Kier alpha value is -2.27. The number of hydrogen-bond acceptors (Lipinski definition) is 4. The average molecular weight is 338 g/mol. The molecule has 0 aliphatic carbocycles. The van der Waals surface area contributed by atoms with E-state index in [0.717, 1.165) is 36.5 Å². The molecule has 0 radical (unpaired) electrons. The maximum absolute atomic E-state index is 13.0. The summed E-state index contributed by atoms with van der Waals surface area (Å²) in [7, 11) is 2.10. The molecule has 3 rings (SSSR count). The summed E-state index contributed by atoms with van der Waals surface area (Å²) in [6.07, 6.45) is 2.20. The fourth-order valence-electron chi connectivity index (χ4n) is 3.38. The molecule has 1 amide bonds. The van der Waals surface area contributed by atoms with Gasteiger partial charge in [0, 0.05) is 18.8 Å². The minimum atomic E-state index is -0.0289. The molecular weight excluding hydrogens is 312 g/mol. The van der Waals surface area contributed by atoms with Gasteiger partial charge in [-0.05, 0) is 51.9 Å². The second kappa shape index (κ2) is 7.74. The summed E-state index contributed by atoms with van der Waals surface area (Å²) in [6.45, 7) is 6.23. The van der Waals surface area contributed by atoms with Crippen molar-refractivity contribution in [3.8, 4) is 0 Å². The highest BCUT2D eigenvalue weighted by molar-refractivity contribution is 5.92. The van der Waals surface area contributed by atoms with Crippen LogP contribution in [0.2, 0.25) is 0 Å². The van der Waals surface area contributed by atoms with E-state index >= 15 is 0 Å². The Kier molecular flexibility index (Phi) is 5.43. The van der Waals surface area contributed by atoms with Crippen LogP contribution in [-0.4, -0.2) is 45.8 Å². The van der Waals surface area contributed by atoms with E-state index in [2.05, 4.69) is 21.9 Å². The van der Waals surface area contributed by atoms with Gasteiger partial charge in [0.25, 0.3) is 5.91 Å². The van der Waals surface area contributed by atoms with Crippen LogP contribution in [0.25, 0.3) is 0 Å². The lowest BCUT2D eigenvalue weighted by molar-refractivity contribution is 0.0745. The van der Waals surface area contributed by atoms with Crippen LogP contribution in [0.3, 0.4) is 0 Å². The van der Waals surface area contributed by atoms with Crippen molar-refractivity contribution in [1.82, 2.24) is 19.8 Å². The normalized spacial score (nSPS) is 17.6. The Morgan fingerprint density at radius 2 is 2.04 bits per heavy atom. The first kappa shape index (κ1) is 17.5. The molecule has 1 atom stereocenters. The van der Waals surface area contributed by atoms with E-state index in [-0.39, 0.29) is 11.9 Å². The molecule has 1 fully saturated rings. The van der Waals surface area contributed by atoms with Crippen LogP contribution in [-0.2, 0) is 6.54 Å². The predicted molar refractivity (Wildman–Crippen MR) is 98.2 cm³/mol. The van der Waals surface area contributed by atoms with Gasteiger partial charge in [-0.25, -0.2) is 9.97 Å². The molecule has 132 valence electrons. The van der Waals surface area contributed by atoms with Crippen LogP contribution in [0, 0.1) is 6.92 Å². The molecule has 1 saturated heterocycles. The molecule has 0 N–H and O–H groups in total. The third-order valence-corrected chi connectivity index (χ3v) is 4.79. The third-order valence-electron chi connectivity index (χ3n) is 4.79. The summed E-state index contributed by atoms with van der Waals surface area (Å²) in [4.78, 5) is 26.3. The number of aryl methyl sites for hydroxylation is 1. The van der Waals surface area contributed by atoms with Gasteiger partial charge in [-0.3, -0.25) is 9.69 Å². The Balaban J connectivity index is 1.84. The summed E-state index contributed by atoms with van der Waals surface area (Å²) >= 11 is 0. The summed E-state index contributed by atoms with van der Waals surface area (Å²) in [5.74, 6) is 0.748. The standard InChI is InChI=1S/C20H26N4O/c1-4-24(14-16-9-6-5-7-10-16)20(25)17-13-15(2)21-19(22-17)18-11-8-12-23(18)3/h5-7,9-10,13,18H,4,8,11-12,14H2,1-3H3. The van der Waals surface area contributed by atoms with Crippen molar-refractivity contribution in [2.45, 2.75) is 39.3 Å². The largest absolute Gasteiger partial charge is 0.333 e. The molecule has 25 heavy (non-hydrogen) atoms. The second-order valence-electron chi connectivity index (χ2n) is 6.70. The number of nitrogens with zero attached hydrogens (tertiary/aromatic N) is 4. The van der Waals surface area contributed by atoms with Crippen molar-refractivity contribution in [3.63, 3.8) is 0 Å². The van der Waals surface area contributed by atoms with Gasteiger partial charge in [0.1, 0.15) is 11.5 Å². The molecule has 1 aromatic carbocycles. The molecule has 0 bridgehead atoms. The predicted octanol–water partition coefficient (Wildman–Crippen LogP) is 3.21. The van der Waals surface area contributed by atoms with Gasteiger partial charge in [-0.15, -0.1) is 0 Å². The van der Waals surface area contributed by atoms with Gasteiger partial charge in [0.05, 0.1) is 6.04 Å². The molecule has 0 saturated carbocycles. The van der Waals surface area contributed by atoms with Crippen LogP contribution < -0.4 is 0 Å². The van der Waals surface area contributed by atoms with Gasteiger partial charge in [0.2, 0.25) is 0 Å². The first-order valence-electron chi connectivity index (χ1n) is 8.97. The van der Waals surface area contributed by atoms with Gasteiger partial charge >= 0.3 is 0 Å². The van der Waals surface area contributed by atoms with Crippen LogP contribution >= 0.6 is 0 Å². The maximum Gasteiger partial charge on any atom is 0.272 e. The van der Waals surface area contributed by atoms with E-state index in [1.807, 2.05) is 49.1 Å². The number of hydrogen-bond donors (Lipinski definition) is 0. The zero-order valence-electron chi connectivity index (χ0n) is 15.3. The number of aromatic nitrogens is 2. The summed E-state index contributed by atoms with van der Waals surface area (Å²) in [5, 5.41) is 0. The highest BCUT2D eigenvalue weighted by Gasteiger charge is 2.27. The highest BCUT2D eigenvalue weighted by Crippen LogP contribution is 2.28. The van der Waals surface area contributed by atoms with E-state index in [0.29, 0.717) is 18.8 Å². The van der Waals surface area contributed by atoms with Gasteiger partial charge < -0.3 is 4.90 Å². The number of carbonyl (C=O) groups excluding carboxylic acids is 1. The van der Waals surface area contributed by atoms with Gasteiger partial charge in [0.15, 0.2) is 0 Å². The molecule has 1 aromatic heterocycles. The van der Waals surface area contributed by atoms with E-state index in [1.54, 1.807) is 6.07 Å². The summed E-state index contributed by atoms with van der Waals surface area (Å²) in [6, 6.07) is 12.1. The molecule has 5 nitrogen and oxygen atoms in total. The number of carbonyl (C=O) groups is 1. The first-order valence-corrected chi connectivity index (χ1v) is 8.97. The van der Waals surface area contributed by atoms with Crippen LogP contribution in [0.15, 0.2) is 36.4 Å². The molecular formula is C20H26N4O. The minimum Gasteiger partial charge on any atom is -0.333 e. The monoisotopic (exact) mass is 338 g/mol. The lowest BCUT2D eigenvalue weighted by Gasteiger charge is -2.22. The number of likely N-dealkylation sites (tertiary alicyclic amines) is 1. The third kappa shape index (κ3) is 4.04. The number of amides is 1. The highest BCUT2D eigenvalue weighted by atomic mass is 16.2. The molecule has 2 aromatic rings. The molecule has 1 aliphatic heterocycles. The van der Waals surface area contributed by atoms with Crippen molar-refractivity contribution in [2.75, 3.05) is 20.1 Å². The Morgan fingerprint density at radius 1 is 1.28 bits per heavy atom. The van der Waals surface area contributed by atoms with Gasteiger partial charge in [-0.1, -0.05) is 30.3 Å². The van der Waals surface area contributed by atoms with Crippen molar-refractivity contribution in [1.29, 1.82) is 0 Å². The average Bonchev–Trinajstić information content (AvgIpc) is 3.05. The lowest BCUT2D eigenvalue weighted by atomic mass is 10.1. The van der Waals surface area contributed by atoms with Gasteiger partial charge in [-0.2, -0.15) is 0 Å². The van der Waals surface area contributed by atoms with Crippen LogP contribution in [0.1, 0.15) is 53.4 Å². The summed E-state index contributed by atoms with van der Waals surface area (Å²) in [5.41, 5.74) is 2.48. The first-order chi connectivity index (χ1) is 12.1. The van der Waals surface area contributed by atoms with E-state index in [9.17, 15) is 4.79 Å². The van der Waals surface area contributed by atoms with Crippen molar-refractivity contribution < 1.29 is 4.79 Å². The Morgan fingerprint density at radius 3 is 2.68 bits per heavy atom. The second-order valence-corrected chi connectivity index (χ2v) is 6.70. The van der Waals surface area contributed by atoms with E-state index in [4.69, 9.17) is 0 Å². The summed E-state index contributed by atoms with van der Waals surface area (Å²) < 4.78 is 0. The Labute approximate surface area is 149 Å². The molecule has 0 spiro atoms. The Bertz CT molecular complexity index is 732. The lowest BCUT2D eigenvalue weighted by Crippen LogP contribution is -2.32. The fraction of sp³-hybridized carbons (Fsp3) is 0.450. The van der Waals surface area contributed by atoms with Crippen molar-refractivity contribution in [3.05, 3.63) is 59.2 Å². The zero-order valence-corrected chi connectivity index (χ0v) is 15.3. The van der Waals surface area contributed by atoms with Crippen LogP contribution in [0.4, 0.5) is 0 Å². The zero-order chi connectivity index (χ0) is 17.8. The number of rotatable bonds is 5. The smallest absolute Gasteiger partial charge is 0.272 e. The molecule has 1 unspecified atom stereocenters. The molecule has 2 heterocycles. The topological polar surface area (TPSA) is 49.3 Å². The fourth-order valence-corrected chi connectivity index (χ4v) is 3.38. The van der Waals surface area contributed by atoms with Crippen LogP contribution in [0.5, 0.6) is 0 Å². The maximum atomic E-state index is 13.0. The van der Waals surface area contributed by atoms with E-state index < -0.39 is 0 Å². The molecule has 1 aliphatic rings. The van der Waals surface area contributed by atoms with E-state index in [1.165, 1.54) is 0 Å². The minimum absolute atomic E-state index is 0.0289. The SMILES string of the molecule is CCN(Cc1ccccc1)C(=O)c1cc(C)nc(C2CCCN2C)n1. The van der Waals surface area contributed by atoms with Crippen molar-refractivity contribution >= 4 is 5.91 Å². The molecule has 5 heteroatoms. The van der Waals surface area contributed by atoms with Crippen molar-refractivity contribution in [2.24, 2.45) is 0 Å². The quantitative estimate of drug-likeness (QED) is 0.840.